The molecule has 3 aromatic rings. The summed E-state index contributed by atoms with van der Waals surface area (Å²) in [5.74, 6) is -0.112. The molecule has 1 N–H and O–H groups in total. The standard InChI is InChI=1S/C24H28FN3O/c1-17(18-7-9-21(25)10-8-18)26-24(29)19-11-13-28(14-12-19)16-20-15-27(2)23-6-4-3-5-22(20)23/h3-10,15,17,19H,11-14,16H2,1-2H3,(H,26,29). The molecule has 1 saturated heterocycles. The molecule has 0 aliphatic carbocycles. The third-order valence-electron chi connectivity index (χ3n) is 6.06. The van der Waals surface area contributed by atoms with E-state index in [1.165, 1.54) is 28.6 Å². The van der Waals surface area contributed by atoms with Crippen LogP contribution < -0.4 is 5.32 Å². The Labute approximate surface area is 171 Å². The van der Waals surface area contributed by atoms with Crippen LogP contribution in [-0.2, 0) is 18.4 Å². The smallest absolute Gasteiger partial charge is 0.223 e. The Morgan fingerprint density at radius 1 is 1.14 bits per heavy atom. The number of hydrogen-bond donors (Lipinski definition) is 1. The number of fused-ring (bicyclic) bond motifs is 1. The van der Waals surface area contributed by atoms with Crippen LogP contribution in [0.15, 0.2) is 54.7 Å². The highest BCUT2D eigenvalue weighted by molar-refractivity contribution is 5.83. The van der Waals surface area contributed by atoms with Crippen molar-refractivity contribution >= 4 is 16.8 Å². The first-order valence-electron chi connectivity index (χ1n) is 10.3. The van der Waals surface area contributed by atoms with Gasteiger partial charge in [0, 0.05) is 36.6 Å². The van der Waals surface area contributed by atoms with Crippen LogP contribution in [-0.4, -0.2) is 28.5 Å². The Bertz CT molecular complexity index is 987. The first-order chi connectivity index (χ1) is 14.0. The number of carbonyl (C=O) groups excluding carboxylic acids is 1. The minimum absolute atomic E-state index is 0.0432. The summed E-state index contributed by atoms with van der Waals surface area (Å²) in [5.41, 5.74) is 3.52. The maximum Gasteiger partial charge on any atom is 0.223 e. The number of benzene rings is 2. The van der Waals surface area contributed by atoms with E-state index in [1.807, 2.05) is 6.92 Å². The zero-order chi connectivity index (χ0) is 20.4. The summed E-state index contributed by atoms with van der Waals surface area (Å²) in [6.07, 6.45) is 3.95. The lowest BCUT2D eigenvalue weighted by molar-refractivity contribution is -0.127. The molecule has 0 spiro atoms. The summed E-state index contributed by atoms with van der Waals surface area (Å²) in [5, 5.41) is 4.40. The average molecular weight is 394 g/mol. The maximum atomic E-state index is 13.1. The number of rotatable bonds is 5. The molecule has 1 amide bonds. The third kappa shape index (κ3) is 4.35. The van der Waals surface area contributed by atoms with Crippen molar-refractivity contribution in [3.05, 3.63) is 71.7 Å². The molecule has 1 unspecified atom stereocenters. The molecule has 1 atom stereocenters. The zero-order valence-corrected chi connectivity index (χ0v) is 17.1. The van der Waals surface area contributed by atoms with Gasteiger partial charge in [0.15, 0.2) is 0 Å². The molecular formula is C24H28FN3O. The van der Waals surface area contributed by atoms with Gasteiger partial charge in [0.05, 0.1) is 6.04 Å². The van der Waals surface area contributed by atoms with E-state index < -0.39 is 0 Å². The summed E-state index contributed by atoms with van der Waals surface area (Å²) in [4.78, 5) is 15.1. The predicted molar refractivity (Wildman–Crippen MR) is 114 cm³/mol. The van der Waals surface area contributed by atoms with E-state index in [9.17, 15) is 9.18 Å². The second kappa shape index (κ2) is 8.37. The monoisotopic (exact) mass is 393 g/mol. The van der Waals surface area contributed by atoms with Gasteiger partial charge in [-0.05, 0) is 62.2 Å². The van der Waals surface area contributed by atoms with E-state index in [0.29, 0.717) is 0 Å². The van der Waals surface area contributed by atoms with Gasteiger partial charge in [-0.25, -0.2) is 4.39 Å². The van der Waals surface area contributed by atoms with Crippen molar-refractivity contribution in [1.82, 2.24) is 14.8 Å². The minimum Gasteiger partial charge on any atom is -0.350 e. The van der Waals surface area contributed by atoms with Crippen LogP contribution in [0.25, 0.3) is 10.9 Å². The molecule has 4 nitrogen and oxygen atoms in total. The number of carbonyl (C=O) groups is 1. The van der Waals surface area contributed by atoms with E-state index in [2.05, 4.69) is 52.3 Å². The number of likely N-dealkylation sites (tertiary alicyclic amines) is 1. The van der Waals surface area contributed by atoms with Crippen LogP contribution in [0.4, 0.5) is 4.39 Å². The SMILES string of the molecule is CC(NC(=O)C1CCN(Cc2cn(C)c3ccccc23)CC1)c1ccc(F)cc1. The molecule has 1 aliphatic rings. The molecule has 5 heteroatoms. The van der Waals surface area contributed by atoms with Gasteiger partial charge in [0.2, 0.25) is 5.91 Å². The molecule has 29 heavy (non-hydrogen) atoms. The van der Waals surface area contributed by atoms with Gasteiger partial charge in [-0.3, -0.25) is 9.69 Å². The number of aromatic nitrogens is 1. The summed E-state index contributed by atoms with van der Waals surface area (Å²) in [6, 6.07) is 14.7. The molecule has 0 bridgehead atoms. The van der Waals surface area contributed by atoms with Crippen molar-refractivity contribution in [2.45, 2.75) is 32.4 Å². The number of piperidine rings is 1. The second-order valence-electron chi connectivity index (χ2n) is 8.11. The fraction of sp³-hybridized carbons (Fsp3) is 0.375. The Morgan fingerprint density at radius 3 is 2.55 bits per heavy atom. The Balaban J connectivity index is 1.32. The normalized spacial score (nSPS) is 16.8. The van der Waals surface area contributed by atoms with E-state index in [-0.39, 0.29) is 23.7 Å². The van der Waals surface area contributed by atoms with Crippen molar-refractivity contribution in [2.75, 3.05) is 13.1 Å². The second-order valence-corrected chi connectivity index (χ2v) is 8.11. The van der Waals surface area contributed by atoms with Gasteiger partial charge in [-0.2, -0.15) is 0 Å². The van der Waals surface area contributed by atoms with E-state index in [1.54, 1.807) is 12.1 Å². The highest BCUT2D eigenvalue weighted by atomic mass is 19.1. The lowest BCUT2D eigenvalue weighted by Crippen LogP contribution is -2.40. The number of amides is 1. The van der Waals surface area contributed by atoms with Crippen LogP contribution in [0, 0.1) is 11.7 Å². The van der Waals surface area contributed by atoms with Crippen molar-refractivity contribution in [3.63, 3.8) is 0 Å². The quantitative estimate of drug-likeness (QED) is 0.697. The summed E-state index contributed by atoms with van der Waals surface area (Å²) < 4.78 is 15.3. The van der Waals surface area contributed by atoms with Gasteiger partial charge < -0.3 is 9.88 Å². The number of hydrogen-bond acceptors (Lipinski definition) is 2. The van der Waals surface area contributed by atoms with Crippen molar-refractivity contribution in [1.29, 1.82) is 0 Å². The zero-order valence-electron chi connectivity index (χ0n) is 17.1. The van der Waals surface area contributed by atoms with Gasteiger partial charge >= 0.3 is 0 Å². The molecule has 152 valence electrons. The van der Waals surface area contributed by atoms with Crippen LogP contribution in [0.1, 0.15) is 36.9 Å². The highest BCUT2D eigenvalue weighted by Gasteiger charge is 2.26. The largest absolute Gasteiger partial charge is 0.350 e. The molecule has 2 heterocycles. The molecule has 1 fully saturated rings. The lowest BCUT2D eigenvalue weighted by Gasteiger charge is -2.31. The van der Waals surface area contributed by atoms with Crippen LogP contribution in [0.2, 0.25) is 0 Å². The fourth-order valence-corrected chi connectivity index (χ4v) is 4.31. The van der Waals surface area contributed by atoms with Crippen LogP contribution in [0.3, 0.4) is 0 Å². The summed E-state index contributed by atoms with van der Waals surface area (Å²) in [6.45, 7) is 4.71. The van der Waals surface area contributed by atoms with Gasteiger partial charge in [0.1, 0.15) is 5.82 Å². The van der Waals surface area contributed by atoms with Crippen LogP contribution in [0.5, 0.6) is 0 Å². The molecule has 1 aliphatic heterocycles. The van der Waals surface area contributed by atoms with Crippen molar-refractivity contribution < 1.29 is 9.18 Å². The molecule has 1 aromatic heterocycles. The van der Waals surface area contributed by atoms with Crippen molar-refractivity contribution in [2.24, 2.45) is 13.0 Å². The molecule has 0 saturated carbocycles. The average Bonchev–Trinajstić information content (AvgIpc) is 3.04. The molecule has 2 aromatic carbocycles. The Morgan fingerprint density at radius 2 is 1.83 bits per heavy atom. The molecule has 0 radical (unpaired) electrons. The number of para-hydroxylation sites is 1. The first-order valence-corrected chi connectivity index (χ1v) is 10.3. The van der Waals surface area contributed by atoms with Gasteiger partial charge in [-0.15, -0.1) is 0 Å². The fourth-order valence-electron chi connectivity index (χ4n) is 4.31. The van der Waals surface area contributed by atoms with E-state index >= 15 is 0 Å². The third-order valence-corrected chi connectivity index (χ3v) is 6.06. The number of halogens is 1. The number of nitrogens with one attached hydrogen (secondary N) is 1. The predicted octanol–water partition coefficient (Wildman–Crippen LogP) is 4.41. The lowest BCUT2D eigenvalue weighted by atomic mass is 9.95. The van der Waals surface area contributed by atoms with Crippen molar-refractivity contribution in [3.8, 4) is 0 Å². The van der Waals surface area contributed by atoms with E-state index in [0.717, 1.165) is 38.0 Å². The van der Waals surface area contributed by atoms with Gasteiger partial charge in [-0.1, -0.05) is 30.3 Å². The minimum atomic E-state index is -0.258. The summed E-state index contributed by atoms with van der Waals surface area (Å²) >= 11 is 0. The molecule has 4 rings (SSSR count). The highest BCUT2D eigenvalue weighted by Crippen LogP contribution is 2.25. The topological polar surface area (TPSA) is 37.3 Å². The summed E-state index contributed by atoms with van der Waals surface area (Å²) in [7, 11) is 2.09. The Hall–Kier alpha value is -2.66. The van der Waals surface area contributed by atoms with E-state index in [4.69, 9.17) is 0 Å². The first kappa shape index (κ1) is 19.6. The number of aryl methyl sites for hydroxylation is 1. The number of nitrogens with zero attached hydrogens (tertiary/aromatic N) is 2. The Kier molecular flexibility index (Phi) is 5.67. The maximum absolute atomic E-state index is 13.1. The van der Waals surface area contributed by atoms with Crippen LogP contribution >= 0.6 is 0 Å². The molecular weight excluding hydrogens is 365 g/mol. The van der Waals surface area contributed by atoms with Gasteiger partial charge in [0.25, 0.3) is 0 Å².